The number of hydrogen-bond donors (Lipinski definition) is 4. The van der Waals surface area contributed by atoms with Gasteiger partial charge in [0.05, 0.1) is 0 Å². The molecule has 0 unspecified atom stereocenters. The van der Waals surface area contributed by atoms with Crippen molar-refractivity contribution < 1.29 is 9.59 Å². The summed E-state index contributed by atoms with van der Waals surface area (Å²) in [6.07, 6.45) is 0. The Morgan fingerprint density at radius 1 is 1.21 bits per heavy atom. The molecular weight excluding hydrogens is 246 g/mol. The number of urea groups is 2. The van der Waals surface area contributed by atoms with E-state index in [9.17, 15) is 9.59 Å². The van der Waals surface area contributed by atoms with E-state index in [0.717, 1.165) is 0 Å². The second kappa shape index (κ2) is 7.10. The molecular formula is C12H19N5O2. The minimum Gasteiger partial charge on any atom is -0.399 e. The van der Waals surface area contributed by atoms with Crippen molar-refractivity contribution >= 4 is 23.4 Å². The number of carbonyl (C=O) groups is 2. The first-order valence-corrected chi connectivity index (χ1v) is 5.84. The predicted octanol–water partition coefficient (Wildman–Crippen LogP) is 0.662. The van der Waals surface area contributed by atoms with E-state index in [1.165, 1.54) is 4.90 Å². The average Bonchev–Trinajstić information content (AvgIpc) is 2.34. The van der Waals surface area contributed by atoms with Gasteiger partial charge in [0.1, 0.15) is 0 Å². The number of rotatable bonds is 4. The van der Waals surface area contributed by atoms with Gasteiger partial charge < -0.3 is 26.6 Å². The van der Waals surface area contributed by atoms with Gasteiger partial charge >= 0.3 is 12.1 Å². The molecule has 104 valence electrons. The highest BCUT2D eigenvalue weighted by Gasteiger charge is 2.03. The largest absolute Gasteiger partial charge is 0.399 e. The fraction of sp³-hybridized carbons (Fsp3) is 0.333. The molecule has 7 nitrogen and oxygen atoms in total. The Bertz CT molecular complexity index is 448. The van der Waals surface area contributed by atoms with Gasteiger partial charge in [-0.1, -0.05) is 6.07 Å². The third-order valence-corrected chi connectivity index (χ3v) is 2.24. The number of hydrogen-bond acceptors (Lipinski definition) is 3. The first kappa shape index (κ1) is 14.6. The van der Waals surface area contributed by atoms with Crippen molar-refractivity contribution in [3.05, 3.63) is 24.3 Å². The zero-order valence-corrected chi connectivity index (χ0v) is 11.1. The van der Waals surface area contributed by atoms with E-state index in [-0.39, 0.29) is 12.1 Å². The molecule has 7 heteroatoms. The number of anilines is 2. The molecule has 0 aliphatic heterocycles. The van der Waals surface area contributed by atoms with Crippen LogP contribution < -0.4 is 21.7 Å². The van der Waals surface area contributed by atoms with Gasteiger partial charge in [-0.15, -0.1) is 0 Å². The van der Waals surface area contributed by atoms with Crippen LogP contribution in [0.2, 0.25) is 0 Å². The third-order valence-electron chi connectivity index (χ3n) is 2.24. The summed E-state index contributed by atoms with van der Waals surface area (Å²) in [5.74, 6) is 0. The van der Waals surface area contributed by atoms with Crippen LogP contribution in [0.1, 0.15) is 0 Å². The minimum atomic E-state index is -0.343. The van der Waals surface area contributed by atoms with Crippen LogP contribution in [0.3, 0.4) is 0 Å². The lowest BCUT2D eigenvalue weighted by molar-refractivity contribution is 0.217. The molecule has 1 aromatic rings. The summed E-state index contributed by atoms with van der Waals surface area (Å²) in [5, 5.41) is 7.90. The van der Waals surface area contributed by atoms with E-state index < -0.39 is 0 Å². The highest BCUT2D eigenvalue weighted by atomic mass is 16.2. The Balaban J connectivity index is 2.23. The molecule has 0 aliphatic rings. The quantitative estimate of drug-likeness (QED) is 0.475. The van der Waals surface area contributed by atoms with Crippen LogP contribution in [-0.2, 0) is 0 Å². The third kappa shape index (κ3) is 5.62. The minimum absolute atomic E-state index is 0.196. The van der Waals surface area contributed by atoms with Crippen LogP contribution in [-0.4, -0.2) is 44.1 Å². The van der Waals surface area contributed by atoms with Crippen LogP contribution in [0, 0.1) is 0 Å². The molecule has 0 spiro atoms. The Labute approximate surface area is 112 Å². The number of nitrogens with two attached hydrogens (primary N) is 1. The van der Waals surface area contributed by atoms with Crippen LogP contribution in [0.5, 0.6) is 0 Å². The smallest absolute Gasteiger partial charge is 0.319 e. The van der Waals surface area contributed by atoms with Crippen molar-refractivity contribution in [2.45, 2.75) is 0 Å². The highest BCUT2D eigenvalue weighted by Crippen LogP contribution is 2.11. The molecule has 0 fully saturated rings. The molecule has 0 saturated heterocycles. The molecule has 0 atom stereocenters. The molecule has 0 heterocycles. The lowest BCUT2D eigenvalue weighted by Gasteiger charge is -2.12. The normalized spacial score (nSPS) is 9.58. The lowest BCUT2D eigenvalue weighted by Crippen LogP contribution is -2.40. The van der Waals surface area contributed by atoms with Crippen LogP contribution >= 0.6 is 0 Å². The number of nitrogens with one attached hydrogen (secondary N) is 3. The number of nitrogen functional groups attached to an aromatic ring is 1. The van der Waals surface area contributed by atoms with Gasteiger partial charge in [-0.3, -0.25) is 0 Å². The fourth-order valence-electron chi connectivity index (χ4n) is 1.30. The van der Waals surface area contributed by atoms with Crippen molar-refractivity contribution in [1.82, 2.24) is 15.5 Å². The summed E-state index contributed by atoms with van der Waals surface area (Å²) < 4.78 is 0. The Morgan fingerprint density at radius 2 is 1.89 bits per heavy atom. The topological polar surface area (TPSA) is 99.5 Å². The molecule has 1 aromatic carbocycles. The molecule has 4 amide bonds. The van der Waals surface area contributed by atoms with Crippen molar-refractivity contribution in [3.63, 3.8) is 0 Å². The number of benzene rings is 1. The van der Waals surface area contributed by atoms with Crippen molar-refractivity contribution in [2.24, 2.45) is 0 Å². The second-order valence-corrected chi connectivity index (χ2v) is 4.13. The first-order valence-electron chi connectivity index (χ1n) is 5.84. The first-order chi connectivity index (χ1) is 8.99. The maximum atomic E-state index is 11.5. The van der Waals surface area contributed by atoms with Crippen LogP contribution in [0.15, 0.2) is 24.3 Å². The average molecular weight is 265 g/mol. The zero-order valence-electron chi connectivity index (χ0n) is 11.1. The van der Waals surface area contributed by atoms with Gasteiger partial charge in [0.15, 0.2) is 0 Å². The summed E-state index contributed by atoms with van der Waals surface area (Å²) >= 11 is 0. The van der Waals surface area contributed by atoms with E-state index in [4.69, 9.17) is 5.73 Å². The Kier molecular flexibility index (Phi) is 5.46. The molecule has 5 N–H and O–H groups in total. The molecule has 1 rings (SSSR count). The number of carbonyl (C=O) groups excluding carboxylic acids is 2. The SMILES string of the molecule is CN(C)C(=O)NCCNC(=O)Nc1cccc(N)c1. The van der Waals surface area contributed by atoms with Gasteiger partial charge in [-0.25, -0.2) is 9.59 Å². The van der Waals surface area contributed by atoms with Crippen LogP contribution in [0.4, 0.5) is 21.0 Å². The fourth-order valence-corrected chi connectivity index (χ4v) is 1.30. The van der Waals surface area contributed by atoms with Crippen molar-refractivity contribution in [1.29, 1.82) is 0 Å². The summed E-state index contributed by atoms with van der Waals surface area (Å²) in [6.45, 7) is 0.703. The van der Waals surface area contributed by atoms with E-state index >= 15 is 0 Å². The molecule has 0 saturated carbocycles. The van der Waals surface area contributed by atoms with Crippen molar-refractivity contribution in [2.75, 3.05) is 38.2 Å². The Morgan fingerprint density at radius 3 is 2.53 bits per heavy atom. The summed E-state index contributed by atoms with van der Waals surface area (Å²) in [7, 11) is 3.30. The molecule has 19 heavy (non-hydrogen) atoms. The van der Waals surface area contributed by atoms with E-state index in [2.05, 4.69) is 16.0 Å². The zero-order chi connectivity index (χ0) is 14.3. The number of amides is 4. The molecule has 0 aromatic heterocycles. The predicted molar refractivity (Wildman–Crippen MR) is 75.0 cm³/mol. The lowest BCUT2D eigenvalue weighted by atomic mass is 10.3. The molecule has 0 radical (unpaired) electrons. The Hall–Kier alpha value is -2.44. The van der Waals surface area contributed by atoms with E-state index in [1.54, 1.807) is 38.4 Å². The summed E-state index contributed by atoms with van der Waals surface area (Å²) in [4.78, 5) is 24.1. The van der Waals surface area contributed by atoms with Gasteiger partial charge in [0.2, 0.25) is 0 Å². The highest BCUT2D eigenvalue weighted by molar-refractivity contribution is 5.89. The van der Waals surface area contributed by atoms with Crippen molar-refractivity contribution in [3.8, 4) is 0 Å². The summed E-state index contributed by atoms with van der Waals surface area (Å²) in [6, 6.07) is 6.35. The maximum Gasteiger partial charge on any atom is 0.319 e. The molecule has 0 bridgehead atoms. The van der Waals surface area contributed by atoms with Gasteiger partial charge in [-0.05, 0) is 18.2 Å². The van der Waals surface area contributed by atoms with Gasteiger partial charge in [0, 0.05) is 38.6 Å². The number of nitrogens with zero attached hydrogens (tertiary/aromatic N) is 1. The van der Waals surface area contributed by atoms with Gasteiger partial charge in [0.25, 0.3) is 0 Å². The summed E-state index contributed by atoms with van der Waals surface area (Å²) in [5.41, 5.74) is 6.79. The molecule has 0 aliphatic carbocycles. The maximum absolute atomic E-state index is 11.5. The monoisotopic (exact) mass is 265 g/mol. The second-order valence-electron chi connectivity index (χ2n) is 4.13. The van der Waals surface area contributed by atoms with E-state index in [0.29, 0.717) is 24.5 Å². The van der Waals surface area contributed by atoms with Gasteiger partial charge in [-0.2, -0.15) is 0 Å². The van der Waals surface area contributed by atoms with Crippen LogP contribution in [0.25, 0.3) is 0 Å². The standard InChI is InChI=1S/C12H19N5O2/c1-17(2)12(19)15-7-6-14-11(18)16-10-5-3-4-9(13)8-10/h3-5,8H,6-7,13H2,1-2H3,(H,15,19)(H2,14,16,18). The van der Waals surface area contributed by atoms with E-state index in [1.807, 2.05) is 0 Å².